The van der Waals surface area contributed by atoms with Gasteiger partial charge in [0.2, 0.25) is 0 Å². The molecule has 0 fully saturated rings. The lowest BCUT2D eigenvalue weighted by Gasteiger charge is -2.02. The van der Waals surface area contributed by atoms with Gasteiger partial charge in [-0.1, -0.05) is 24.3 Å². The Hall–Kier alpha value is -1.28. The average Bonchev–Trinajstić information content (AvgIpc) is 2.21. The molecule has 1 aromatic rings. The zero-order chi connectivity index (χ0) is 10.2. The van der Waals surface area contributed by atoms with Gasteiger partial charge in [-0.15, -0.1) is 0 Å². The summed E-state index contributed by atoms with van der Waals surface area (Å²) >= 11 is 0. The van der Waals surface area contributed by atoms with E-state index in [1.54, 1.807) is 0 Å². The van der Waals surface area contributed by atoms with E-state index in [-0.39, 0.29) is 0 Å². The van der Waals surface area contributed by atoms with E-state index < -0.39 is 0 Å². The second-order valence-corrected chi connectivity index (χ2v) is 2.98. The number of nitrogens with two attached hydrogens (primary N) is 1. The molecule has 0 aromatic heterocycles. The van der Waals surface area contributed by atoms with Crippen LogP contribution in [0.1, 0.15) is 18.9 Å². The van der Waals surface area contributed by atoms with Crippen molar-refractivity contribution in [2.24, 2.45) is 5.73 Å². The molecule has 0 saturated heterocycles. The van der Waals surface area contributed by atoms with Crippen LogP contribution in [0.5, 0.6) is 5.75 Å². The highest BCUT2D eigenvalue weighted by Gasteiger charge is 1.90. The van der Waals surface area contributed by atoms with Gasteiger partial charge in [-0.2, -0.15) is 0 Å². The Morgan fingerprint density at radius 3 is 2.57 bits per heavy atom. The maximum absolute atomic E-state index is 5.39. The van der Waals surface area contributed by atoms with Crippen LogP contribution in [0.3, 0.4) is 0 Å². The van der Waals surface area contributed by atoms with Crippen molar-refractivity contribution < 1.29 is 4.74 Å². The second kappa shape index (κ2) is 6.22. The summed E-state index contributed by atoms with van der Waals surface area (Å²) in [6, 6.07) is 8.03. The summed E-state index contributed by atoms with van der Waals surface area (Å²) in [7, 11) is 0. The van der Waals surface area contributed by atoms with Crippen molar-refractivity contribution >= 4 is 6.08 Å². The third-order valence-corrected chi connectivity index (χ3v) is 1.83. The van der Waals surface area contributed by atoms with Crippen LogP contribution in [-0.4, -0.2) is 13.2 Å². The van der Waals surface area contributed by atoms with E-state index >= 15 is 0 Å². The fourth-order valence-electron chi connectivity index (χ4n) is 1.16. The summed E-state index contributed by atoms with van der Waals surface area (Å²) in [4.78, 5) is 0. The van der Waals surface area contributed by atoms with E-state index in [1.165, 1.54) is 5.56 Å². The molecule has 0 spiro atoms. The molecular formula is C12H17NO. The first-order chi connectivity index (χ1) is 6.86. The van der Waals surface area contributed by atoms with Gasteiger partial charge >= 0.3 is 0 Å². The van der Waals surface area contributed by atoms with Gasteiger partial charge in [0.1, 0.15) is 5.75 Å². The highest BCUT2D eigenvalue weighted by Crippen LogP contribution is 2.12. The van der Waals surface area contributed by atoms with Crippen LogP contribution in [0.25, 0.3) is 6.08 Å². The van der Waals surface area contributed by atoms with Crippen molar-refractivity contribution in [1.29, 1.82) is 0 Å². The zero-order valence-electron chi connectivity index (χ0n) is 8.57. The summed E-state index contributed by atoms with van der Waals surface area (Å²) in [5, 5.41) is 0. The first-order valence-electron chi connectivity index (χ1n) is 4.96. The third kappa shape index (κ3) is 3.62. The fourth-order valence-corrected chi connectivity index (χ4v) is 1.16. The predicted octanol–water partition coefficient (Wildman–Crippen LogP) is 2.45. The van der Waals surface area contributed by atoms with Gasteiger partial charge in [0.05, 0.1) is 6.61 Å². The quantitative estimate of drug-likeness (QED) is 0.775. The zero-order valence-corrected chi connectivity index (χ0v) is 8.57. The molecule has 0 atom stereocenters. The molecule has 1 aromatic carbocycles. The maximum atomic E-state index is 5.39. The molecule has 2 heteroatoms. The lowest BCUT2D eigenvalue weighted by Crippen LogP contribution is -1.95. The number of benzene rings is 1. The van der Waals surface area contributed by atoms with Gasteiger partial charge < -0.3 is 10.5 Å². The van der Waals surface area contributed by atoms with E-state index in [4.69, 9.17) is 10.5 Å². The molecule has 1 rings (SSSR count). The highest BCUT2D eigenvalue weighted by atomic mass is 16.5. The second-order valence-electron chi connectivity index (χ2n) is 2.98. The lowest BCUT2D eigenvalue weighted by atomic mass is 10.2. The lowest BCUT2D eigenvalue weighted by molar-refractivity contribution is 0.340. The maximum Gasteiger partial charge on any atom is 0.119 e. The van der Waals surface area contributed by atoms with Gasteiger partial charge in [-0.25, -0.2) is 0 Å². The van der Waals surface area contributed by atoms with E-state index in [0.717, 1.165) is 12.2 Å². The minimum Gasteiger partial charge on any atom is -0.494 e. The molecule has 0 amide bonds. The van der Waals surface area contributed by atoms with Gasteiger partial charge in [0, 0.05) is 0 Å². The van der Waals surface area contributed by atoms with E-state index in [0.29, 0.717) is 13.2 Å². The normalized spacial score (nSPS) is 10.7. The Labute approximate surface area is 85.4 Å². The fraction of sp³-hybridized carbons (Fsp3) is 0.333. The molecule has 0 radical (unpaired) electrons. The number of hydrogen-bond acceptors (Lipinski definition) is 2. The summed E-state index contributed by atoms with van der Waals surface area (Å²) in [5.41, 5.74) is 6.57. The molecular weight excluding hydrogens is 174 g/mol. The molecule has 76 valence electrons. The topological polar surface area (TPSA) is 35.2 Å². The van der Waals surface area contributed by atoms with Crippen molar-refractivity contribution in [1.82, 2.24) is 0 Å². The van der Waals surface area contributed by atoms with Crippen molar-refractivity contribution in [2.75, 3.05) is 13.2 Å². The summed E-state index contributed by atoms with van der Waals surface area (Å²) in [6.07, 6.45) is 5.07. The first-order valence-corrected chi connectivity index (χ1v) is 4.96. The smallest absolute Gasteiger partial charge is 0.119 e. The molecule has 0 aliphatic rings. The van der Waals surface area contributed by atoms with Crippen LogP contribution in [0.15, 0.2) is 30.3 Å². The van der Waals surface area contributed by atoms with Crippen LogP contribution in [0, 0.1) is 0 Å². The van der Waals surface area contributed by atoms with Gasteiger partial charge in [-0.3, -0.25) is 0 Å². The minimum atomic E-state index is 0.702. The van der Waals surface area contributed by atoms with Crippen molar-refractivity contribution in [3.05, 3.63) is 35.9 Å². The molecule has 0 bridgehead atoms. The van der Waals surface area contributed by atoms with E-state index in [1.807, 2.05) is 31.2 Å². The first kappa shape index (κ1) is 10.8. The summed E-state index contributed by atoms with van der Waals surface area (Å²) in [6.45, 7) is 3.39. The SMILES string of the molecule is CCOc1ccc(/C=C/CCN)cc1. The van der Waals surface area contributed by atoms with Crippen LogP contribution in [0.4, 0.5) is 0 Å². The molecule has 0 aliphatic heterocycles. The van der Waals surface area contributed by atoms with Crippen LogP contribution in [-0.2, 0) is 0 Å². The molecule has 0 unspecified atom stereocenters. The monoisotopic (exact) mass is 191 g/mol. The Balaban J connectivity index is 2.54. The number of rotatable bonds is 5. The number of hydrogen-bond donors (Lipinski definition) is 1. The number of ether oxygens (including phenoxy) is 1. The predicted molar refractivity (Wildman–Crippen MR) is 60.3 cm³/mol. The van der Waals surface area contributed by atoms with Crippen LogP contribution < -0.4 is 10.5 Å². The Morgan fingerprint density at radius 2 is 2.00 bits per heavy atom. The molecule has 2 nitrogen and oxygen atoms in total. The average molecular weight is 191 g/mol. The Bertz CT molecular complexity index is 277. The molecule has 14 heavy (non-hydrogen) atoms. The molecule has 0 aliphatic carbocycles. The van der Waals surface area contributed by atoms with E-state index in [9.17, 15) is 0 Å². The van der Waals surface area contributed by atoms with Crippen LogP contribution in [0.2, 0.25) is 0 Å². The molecule has 0 heterocycles. The van der Waals surface area contributed by atoms with Gasteiger partial charge in [0.15, 0.2) is 0 Å². The van der Waals surface area contributed by atoms with Crippen molar-refractivity contribution in [2.45, 2.75) is 13.3 Å². The Kier molecular flexibility index (Phi) is 4.79. The largest absolute Gasteiger partial charge is 0.494 e. The van der Waals surface area contributed by atoms with Crippen molar-refractivity contribution in [3.63, 3.8) is 0 Å². The Morgan fingerprint density at radius 1 is 1.29 bits per heavy atom. The van der Waals surface area contributed by atoms with Gasteiger partial charge in [0.25, 0.3) is 0 Å². The summed E-state index contributed by atoms with van der Waals surface area (Å²) < 4.78 is 5.34. The van der Waals surface area contributed by atoms with E-state index in [2.05, 4.69) is 12.2 Å². The standard InChI is InChI=1S/C12H17NO/c1-2-14-12-8-6-11(7-9-12)5-3-4-10-13/h3,5-9H,2,4,10,13H2,1H3/b5-3+. The molecule has 2 N–H and O–H groups in total. The third-order valence-electron chi connectivity index (χ3n) is 1.83. The van der Waals surface area contributed by atoms with Gasteiger partial charge in [-0.05, 0) is 37.6 Å². The van der Waals surface area contributed by atoms with Crippen LogP contribution >= 0.6 is 0 Å². The minimum absolute atomic E-state index is 0.702. The van der Waals surface area contributed by atoms with Crippen molar-refractivity contribution in [3.8, 4) is 5.75 Å². The molecule has 0 saturated carbocycles. The highest BCUT2D eigenvalue weighted by molar-refractivity contribution is 5.50. The summed E-state index contributed by atoms with van der Waals surface area (Å²) in [5.74, 6) is 0.920.